The smallest absolute Gasteiger partial charge is 0.294 e. The zero-order chi connectivity index (χ0) is 21.1. The summed E-state index contributed by atoms with van der Waals surface area (Å²) in [6.07, 6.45) is 2.29. The molecule has 0 spiro atoms. The number of carbonyl (C=O) groups excluding carboxylic acids is 2. The van der Waals surface area contributed by atoms with Gasteiger partial charge in [0, 0.05) is 23.3 Å². The molecule has 4 rings (SSSR count). The number of Topliss-reactive ketones (excluding diaryl/α,β-unsaturated/α-hetero) is 1. The molecule has 1 aromatic heterocycles. The molecule has 2 aromatic carbocycles. The molecular weight excluding hydrogens is 400 g/mol. The van der Waals surface area contributed by atoms with E-state index in [0.717, 1.165) is 5.56 Å². The maximum absolute atomic E-state index is 13.1. The number of anilines is 1. The molecule has 0 aliphatic carbocycles. The van der Waals surface area contributed by atoms with Gasteiger partial charge in [-0.15, -0.1) is 0 Å². The zero-order valence-corrected chi connectivity index (χ0v) is 16.8. The van der Waals surface area contributed by atoms with Crippen molar-refractivity contribution in [3.05, 3.63) is 107 Å². The summed E-state index contributed by atoms with van der Waals surface area (Å²) in [7, 11) is 0. The summed E-state index contributed by atoms with van der Waals surface area (Å²) in [5, 5.41) is 11.2. The van der Waals surface area contributed by atoms with Crippen LogP contribution in [0, 0.1) is 0 Å². The maximum Gasteiger partial charge on any atom is 0.294 e. The van der Waals surface area contributed by atoms with E-state index in [4.69, 9.17) is 11.6 Å². The monoisotopic (exact) mass is 418 g/mol. The first-order valence-corrected chi connectivity index (χ1v) is 9.94. The fourth-order valence-corrected chi connectivity index (χ4v) is 3.74. The number of aliphatic hydroxyl groups excluding tert-OH is 1. The number of nitrogens with zero attached hydrogens (tertiary/aromatic N) is 2. The van der Waals surface area contributed by atoms with E-state index in [1.165, 1.54) is 4.90 Å². The highest BCUT2D eigenvalue weighted by Crippen LogP contribution is 2.40. The number of hydrogen-bond donors (Lipinski definition) is 1. The van der Waals surface area contributed by atoms with Crippen LogP contribution in [0.25, 0.3) is 0 Å². The number of rotatable bonds is 6. The molecule has 1 unspecified atom stereocenters. The molecule has 0 saturated heterocycles. The van der Waals surface area contributed by atoms with E-state index in [0.29, 0.717) is 22.8 Å². The molecule has 0 radical (unpaired) electrons. The maximum atomic E-state index is 13.1. The van der Waals surface area contributed by atoms with Crippen molar-refractivity contribution in [1.29, 1.82) is 0 Å². The minimum atomic E-state index is -0.803. The van der Waals surface area contributed by atoms with Crippen molar-refractivity contribution in [3.8, 4) is 0 Å². The van der Waals surface area contributed by atoms with Crippen LogP contribution in [0.1, 0.15) is 23.7 Å². The molecule has 1 aliphatic rings. The predicted octanol–water partition coefficient (Wildman–Crippen LogP) is 4.84. The van der Waals surface area contributed by atoms with E-state index in [2.05, 4.69) is 4.98 Å². The van der Waals surface area contributed by atoms with Gasteiger partial charge in [0.25, 0.3) is 5.91 Å². The number of benzene rings is 2. The van der Waals surface area contributed by atoms with Crippen LogP contribution >= 0.6 is 11.6 Å². The number of pyridine rings is 1. The third-order valence-corrected chi connectivity index (χ3v) is 5.32. The standard InChI is InChI=1S/C24H19ClN2O3/c25-17-10-12-18(13-11-17)27-22(19-8-4-5-15-26-19)21(23(29)24(27)30)20(28)14-9-16-6-2-1-3-7-16/h1-8,10-13,15,22,29H,9,14H2. The second-order valence-corrected chi connectivity index (χ2v) is 7.42. The summed E-state index contributed by atoms with van der Waals surface area (Å²) < 4.78 is 0. The van der Waals surface area contributed by atoms with E-state index < -0.39 is 17.7 Å². The Hall–Kier alpha value is -3.44. The van der Waals surface area contributed by atoms with Gasteiger partial charge >= 0.3 is 0 Å². The minimum Gasteiger partial charge on any atom is -0.503 e. The summed E-state index contributed by atoms with van der Waals surface area (Å²) in [6.45, 7) is 0. The van der Waals surface area contributed by atoms with Crippen molar-refractivity contribution < 1.29 is 14.7 Å². The number of ketones is 1. The van der Waals surface area contributed by atoms with E-state index in [1.54, 1.807) is 48.7 Å². The molecule has 150 valence electrons. The van der Waals surface area contributed by atoms with Crippen molar-refractivity contribution in [2.24, 2.45) is 0 Å². The lowest BCUT2D eigenvalue weighted by Crippen LogP contribution is -2.31. The zero-order valence-electron chi connectivity index (χ0n) is 16.0. The van der Waals surface area contributed by atoms with Crippen LogP contribution < -0.4 is 4.90 Å². The first-order valence-electron chi connectivity index (χ1n) is 9.56. The second-order valence-electron chi connectivity index (χ2n) is 6.98. The van der Waals surface area contributed by atoms with Crippen LogP contribution in [0.4, 0.5) is 5.69 Å². The summed E-state index contributed by atoms with van der Waals surface area (Å²) in [5.74, 6) is -1.44. The third-order valence-electron chi connectivity index (χ3n) is 5.06. The van der Waals surface area contributed by atoms with Crippen molar-refractivity contribution in [1.82, 2.24) is 4.98 Å². The fourth-order valence-electron chi connectivity index (χ4n) is 3.61. The second kappa shape index (κ2) is 8.51. The normalized spacial score (nSPS) is 16.2. The number of aromatic nitrogens is 1. The molecule has 1 atom stereocenters. The molecular formula is C24H19ClN2O3. The highest BCUT2D eigenvalue weighted by atomic mass is 35.5. The van der Waals surface area contributed by atoms with Gasteiger partial charge in [0.1, 0.15) is 6.04 Å². The van der Waals surface area contributed by atoms with Crippen LogP contribution in [0.2, 0.25) is 5.02 Å². The van der Waals surface area contributed by atoms with Gasteiger partial charge < -0.3 is 5.11 Å². The average molecular weight is 419 g/mol. The number of amides is 1. The SMILES string of the molecule is O=C(CCc1ccccc1)C1=C(O)C(=O)N(c2ccc(Cl)cc2)C1c1ccccn1. The highest BCUT2D eigenvalue weighted by Gasteiger charge is 2.44. The lowest BCUT2D eigenvalue weighted by molar-refractivity contribution is -0.118. The highest BCUT2D eigenvalue weighted by molar-refractivity contribution is 6.30. The quantitative estimate of drug-likeness (QED) is 0.622. The van der Waals surface area contributed by atoms with E-state index in [9.17, 15) is 14.7 Å². The van der Waals surface area contributed by atoms with Crippen LogP contribution in [-0.4, -0.2) is 21.8 Å². The number of carbonyl (C=O) groups is 2. The van der Waals surface area contributed by atoms with Gasteiger partial charge in [0.15, 0.2) is 11.5 Å². The Morgan fingerprint density at radius 1 is 1.00 bits per heavy atom. The topological polar surface area (TPSA) is 70.5 Å². The summed E-state index contributed by atoms with van der Waals surface area (Å²) >= 11 is 5.99. The van der Waals surface area contributed by atoms with E-state index in [-0.39, 0.29) is 17.8 Å². The lowest BCUT2D eigenvalue weighted by atomic mass is 9.95. The molecule has 0 saturated carbocycles. The largest absolute Gasteiger partial charge is 0.503 e. The number of aryl methyl sites for hydroxylation is 1. The summed E-state index contributed by atoms with van der Waals surface area (Å²) in [4.78, 5) is 31.9. The van der Waals surface area contributed by atoms with Crippen molar-refractivity contribution >= 4 is 29.0 Å². The number of aliphatic hydroxyl groups is 1. The third kappa shape index (κ3) is 3.84. The number of hydrogen-bond acceptors (Lipinski definition) is 4. The van der Waals surface area contributed by atoms with Gasteiger partial charge in [-0.25, -0.2) is 0 Å². The van der Waals surface area contributed by atoms with Crippen LogP contribution in [0.3, 0.4) is 0 Å². The Morgan fingerprint density at radius 3 is 2.37 bits per heavy atom. The molecule has 6 heteroatoms. The Labute approximate surface area is 179 Å². The number of halogens is 1. The Bertz CT molecular complexity index is 1100. The van der Waals surface area contributed by atoms with Crippen molar-refractivity contribution in [3.63, 3.8) is 0 Å². The lowest BCUT2D eigenvalue weighted by Gasteiger charge is -2.26. The van der Waals surface area contributed by atoms with Gasteiger partial charge in [-0.3, -0.25) is 19.5 Å². The predicted molar refractivity (Wildman–Crippen MR) is 115 cm³/mol. The van der Waals surface area contributed by atoms with E-state index in [1.807, 2.05) is 30.3 Å². The van der Waals surface area contributed by atoms with Crippen LogP contribution in [0.5, 0.6) is 0 Å². The van der Waals surface area contributed by atoms with Crippen LogP contribution in [0.15, 0.2) is 90.3 Å². The van der Waals surface area contributed by atoms with Crippen LogP contribution in [-0.2, 0) is 16.0 Å². The summed E-state index contributed by atoms with van der Waals surface area (Å²) in [5.41, 5.74) is 2.12. The molecule has 1 N–H and O–H groups in total. The van der Waals surface area contributed by atoms with Crippen molar-refractivity contribution in [2.75, 3.05) is 4.90 Å². The summed E-state index contributed by atoms with van der Waals surface area (Å²) in [6, 6.07) is 20.8. The van der Waals surface area contributed by atoms with Gasteiger partial charge in [0.05, 0.1) is 11.3 Å². The molecule has 30 heavy (non-hydrogen) atoms. The minimum absolute atomic E-state index is 0.0737. The van der Waals surface area contributed by atoms with Gasteiger partial charge in [-0.1, -0.05) is 48.0 Å². The first-order chi connectivity index (χ1) is 14.6. The molecule has 3 aromatic rings. The Morgan fingerprint density at radius 2 is 1.70 bits per heavy atom. The first kappa shape index (κ1) is 19.9. The molecule has 2 heterocycles. The fraction of sp³-hybridized carbons (Fsp3) is 0.125. The average Bonchev–Trinajstić information content (AvgIpc) is 3.05. The molecule has 1 amide bonds. The van der Waals surface area contributed by atoms with Gasteiger partial charge in [0.2, 0.25) is 0 Å². The van der Waals surface area contributed by atoms with Gasteiger partial charge in [-0.2, -0.15) is 0 Å². The molecule has 5 nitrogen and oxygen atoms in total. The Balaban J connectivity index is 1.70. The molecule has 0 bridgehead atoms. The molecule has 1 aliphatic heterocycles. The van der Waals surface area contributed by atoms with Gasteiger partial charge in [-0.05, 0) is 48.4 Å². The van der Waals surface area contributed by atoms with Crippen molar-refractivity contribution in [2.45, 2.75) is 18.9 Å². The van der Waals surface area contributed by atoms with E-state index >= 15 is 0 Å². The Kier molecular flexibility index (Phi) is 5.63. The molecule has 0 fully saturated rings.